The van der Waals surface area contributed by atoms with Crippen LogP contribution in [0.4, 0.5) is 24.9 Å². The van der Waals surface area contributed by atoms with Crippen LogP contribution in [0.1, 0.15) is 31.2 Å². The van der Waals surface area contributed by atoms with E-state index >= 15 is 0 Å². The second kappa shape index (κ2) is 11.5. The summed E-state index contributed by atoms with van der Waals surface area (Å²) in [4.78, 5) is 23.8. The molecule has 1 saturated carbocycles. The number of nitrogens with zero attached hydrogens (tertiary/aromatic N) is 3. The van der Waals surface area contributed by atoms with Crippen LogP contribution in [0.15, 0.2) is 46.9 Å². The van der Waals surface area contributed by atoms with Crippen LogP contribution in [0.3, 0.4) is 0 Å². The standard InChI is InChI=1S/C26H29BrF3N5O2/c1-35(2)24-20-5-3-4-6-21(20)33-25(34-24)32-19-11-7-16(8-12-19)15-31-23(36)13-17-9-10-18(27)14-22(17)37-26(28,29)30/h3-6,9-10,14,16,19H,7-8,11-13,15H2,1-2H3,(H,31,36)(H,32,33,34)/t16-,19-. The second-order valence-electron chi connectivity index (χ2n) is 9.43. The molecule has 7 nitrogen and oxygen atoms in total. The third kappa shape index (κ3) is 7.47. The molecule has 37 heavy (non-hydrogen) atoms. The van der Waals surface area contributed by atoms with Crippen molar-refractivity contribution in [1.82, 2.24) is 15.3 Å². The largest absolute Gasteiger partial charge is 0.573 e. The van der Waals surface area contributed by atoms with E-state index in [1.54, 1.807) is 6.07 Å². The maximum Gasteiger partial charge on any atom is 0.573 e. The molecule has 0 aliphatic heterocycles. The van der Waals surface area contributed by atoms with Gasteiger partial charge < -0.3 is 20.3 Å². The minimum absolute atomic E-state index is 0.179. The Balaban J connectivity index is 1.28. The van der Waals surface area contributed by atoms with Gasteiger partial charge in [-0.2, -0.15) is 4.98 Å². The number of halogens is 4. The quantitative estimate of drug-likeness (QED) is 0.357. The van der Waals surface area contributed by atoms with Crippen molar-refractivity contribution in [3.63, 3.8) is 0 Å². The maximum absolute atomic E-state index is 12.7. The number of alkyl halides is 3. The van der Waals surface area contributed by atoms with Crippen molar-refractivity contribution in [3.05, 3.63) is 52.5 Å². The summed E-state index contributed by atoms with van der Waals surface area (Å²) >= 11 is 3.14. The lowest BCUT2D eigenvalue weighted by Gasteiger charge is -2.29. The minimum Gasteiger partial charge on any atom is -0.405 e. The van der Waals surface area contributed by atoms with E-state index in [4.69, 9.17) is 4.98 Å². The first-order valence-corrected chi connectivity index (χ1v) is 12.9. The first kappa shape index (κ1) is 27.0. The molecule has 0 atom stereocenters. The molecule has 2 aromatic carbocycles. The zero-order chi connectivity index (χ0) is 26.6. The van der Waals surface area contributed by atoms with Gasteiger partial charge in [-0.05, 0) is 55.9 Å². The van der Waals surface area contributed by atoms with Gasteiger partial charge >= 0.3 is 6.36 Å². The lowest BCUT2D eigenvalue weighted by atomic mass is 9.86. The van der Waals surface area contributed by atoms with E-state index in [0.29, 0.717) is 22.9 Å². The van der Waals surface area contributed by atoms with Crippen LogP contribution in [0.25, 0.3) is 10.9 Å². The molecule has 0 unspecified atom stereocenters. The Morgan fingerprint density at radius 3 is 2.54 bits per heavy atom. The van der Waals surface area contributed by atoms with Crippen LogP contribution < -0.4 is 20.3 Å². The molecule has 1 heterocycles. The van der Waals surface area contributed by atoms with Crippen molar-refractivity contribution in [2.75, 3.05) is 30.9 Å². The Bertz CT molecular complexity index is 1250. The highest BCUT2D eigenvalue weighted by molar-refractivity contribution is 9.10. The summed E-state index contributed by atoms with van der Waals surface area (Å²) < 4.78 is 42.7. The number of benzene rings is 2. The Hall–Kier alpha value is -3.08. The van der Waals surface area contributed by atoms with Crippen LogP contribution >= 0.6 is 15.9 Å². The summed E-state index contributed by atoms with van der Waals surface area (Å²) in [7, 11) is 3.91. The van der Waals surface area contributed by atoms with Crippen molar-refractivity contribution in [3.8, 4) is 5.75 Å². The number of nitrogens with one attached hydrogen (secondary N) is 2. The van der Waals surface area contributed by atoms with Crippen LogP contribution in [0.5, 0.6) is 5.75 Å². The van der Waals surface area contributed by atoms with Gasteiger partial charge in [0, 0.05) is 42.1 Å². The maximum atomic E-state index is 12.7. The molecule has 3 aromatic rings. The lowest BCUT2D eigenvalue weighted by Crippen LogP contribution is -2.35. The zero-order valence-corrected chi connectivity index (χ0v) is 22.2. The molecule has 0 bridgehead atoms. The second-order valence-corrected chi connectivity index (χ2v) is 10.3. The van der Waals surface area contributed by atoms with Crippen molar-refractivity contribution in [1.29, 1.82) is 0 Å². The molecular weight excluding hydrogens is 551 g/mol. The first-order chi connectivity index (χ1) is 17.6. The molecule has 0 saturated heterocycles. The number of ether oxygens (including phenoxy) is 1. The molecule has 2 N–H and O–H groups in total. The van der Waals surface area contributed by atoms with Gasteiger partial charge in [0.05, 0.1) is 11.9 Å². The molecule has 11 heteroatoms. The fraction of sp³-hybridized carbons (Fsp3) is 0.423. The number of aromatic nitrogens is 2. The van der Waals surface area contributed by atoms with E-state index in [1.807, 2.05) is 43.3 Å². The van der Waals surface area contributed by atoms with Crippen molar-refractivity contribution >= 4 is 44.5 Å². The molecule has 1 aliphatic rings. The normalized spacial score (nSPS) is 17.9. The summed E-state index contributed by atoms with van der Waals surface area (Å²) in [5.74, 6) is 1.05. The Morgan fingerprint density at radius 2 is 1.84 bits per heavy atom. The summed E-state index contributed by atoms with van der Waals surface area (Å²) in [5, 5.41) is 7.34. The van der Waals surface area contributed by atoms with Gasteiger partial charge in [0.1, 0.15) is 11.6 Å². The number of amides is 1. The molecule has 1 fully saturated rings. The van der Waals surface area contributed by atoms with Crippen molar-refractivity contribution in [2.45, 2.75) is 44.5 Å². The van der Waals surface area contributed by atoms with E-state index in [2.05, 4.69) is 36.3 Å². The number of carbonyl (C=O) groups is 1. The first-order valence-electron chi connectivity index (χ1n) is 12.1. The molecular formula is C26H29BrF3N5O2. The van der Waals surface area contributed by atoms with Gasteiger partial charge in [0.25, 0.3) is 0 Å². The third-order valence-corrected chi connectivity index (χ3v) is 6.87. The predicted octanol–water partition coefficient (Wildman–Crippen LogP) is 5.69. The average Bonchev–Trinajstić information content (AvgIpc) is 2.84. The van der Waals surface area contributed by atoms with Gasteiger partial charge in [0.2, 0.25) is 11.9 Å². The SMILES string of the molecule is CN(C)c1nc(N[C@H]2CC[C@H](CNC(=O)Cc3ccc(Br)cc3OC(F)(F)F)CC2)nc2ccccc12. The average molecular weight is 580 g/mol. The van der Waals surface area contributed by atoms with Crippen LogP contribution in [-0.4, -0.2) is 48.9 Å². The van der Waals surface area contributed by atoms with E-state index < -0.39 is 6.36 Å². The van der Waals surface area contributed by atoms with Crippen LogP contribution in [0.2, 0.25) is 0 Å². The Morgan fingerprint density at radius 1 is 1.11 bits per heavy atom. The van der Waals surface area contributed by atoms with Gasteiger partial charge in [-0.1, -0.05) is 34.1 Å². The number of rotatable bonds is 8. The summed E-state index contributed by atoms with van der Waals surface area (Å²) in [6, 6.07) is 12.4. The molecule has 198 valence electrons. The molecule has 1 amide bonds. The lowest BCUT2D eigenvalue weighted by molar-refractivity contribution is -0.274. The minimum atomic E-state index is -4.83. The predicted molar refractivity (Wildman–Crippen MR) is 141 cm³/mol. The Kier molecular flexibility index (Phi) is 8.41. The monoisotopic (exact) mass is 579 g/mol. The zero-order valence-electron chi connectivity index (χ0n) is 20.6. The summed E-state index contributed by atoms with van der Waals surface area (Å²) in [6.45, 7) is 0.481. The van der Waals surface area contributed by atoms with E-state index in [0.717, 1.165) is 42.4 Å². The van der Waals surface area contributed by atoms with Gasteiger partial charge in [-0.3, -0.25) is 4.79 Å². The number of para-hydroxylation sites is 1. The van der Waals surface area contributed by atoms with Crippen LogP contribution in [-0.2, 0) is 11.2 Å². The van der Waals surface area contributed by atoms with E-state index in [9.17, 15) is 18.0 Å². The number of carbonyl (C=O) groups excluding carboxylic acids is 1. The fourth-order valence-electron chi connectivity index (χ4n) is 4.55. The topological polar surface area (TPSA) is 79.4 Å². The summed E-state index contributed by atoms with van der Waals surface area (Å²) in [6.07, 6.45) is -1.39. The molecule has 0 radical (unpaired) electrons. The number of anilines is 2. The number of fused-ring (bicyclic) bond motifs is 1. The van der Waals surface area contributed by atoms with Crippen molar-refractivity contribution in [2.24, 2.45) is 5.92 Å². The molecule has 4 rings (SSSR count). The van der Waals surface area contributed by atoms with Crippen molar-refractivity contribution < 1.29 is 22.7 Å². The van der Waals surface area contributed by atoms with E-state index in [1.165, 1.54) is 12.1 Å². The van der Waals surface area contributed by atoms with Gasteiger partial charge in [-0.15, -0.1) is 13.2 Å². The molecule has 1 aromatic heterocycles. The molecule has 1 aliphatic carbocycles. The van der Waals surface area contributed by atoms with Crippen LogP contribution in [0, 0.1) is 5.92 Å². The number of hydrogen-bond donors (Lipinski definition) is 2. The fourth-order valence-corrected chi connectivity index (χ4v) is 4.89. The number of hydrogen-bond acceptors (Lipinski definition) is 6. The highest BCUT2D eigenvalue weighted by Crippen LogP contribution is 2.31. The highest BCUT2D eigenvalue weighted by atomic mass is 79.9. The van der Waals surface area contributed by atoms with Gasteiger partial charge in [0.15, 0.2) is 0 Å². The summed E-state index contributed by atoms with van der Waals surface area (Å²) in [5.41, 5.74) is 1.06. The smallest absolute Gasteiger partial charge is 0.405 e. The van der Waals surface area contributed by atoms with E-state index in [-0.39, 0.29) is 29.7 Å². The molecule has 0 spiro atoms. The third-order valence-electron chi connectivity index (χ3n) is 6.38. The highest BCUT2D eigenvalue weighted by Gasteiger charge is 2.32. The van der Waals surface area contributed by atoms with Gasteiger partial charge in [-0.25, -0.2) is 4.98 Å². The Labute approximate surface area is 221 Å².